The molecule has 18 heteroatoms. The molecule has 0 aliphatic carbocycles. The molecule has 9 aromatic rings. The van der Waals surface area contributed by atoms with Crippen LogP contribution in [0.25, 0.3) is 5.76 Å². The molecule has 3 atom stereocenters. The Labute approximate surface area is 618 Å². The highest BCUT2D eigenvalue weighted by molar-refractivity contribution is 5.98. The maximum Gasteiger partial charge on any atom is 0.338 e. The molecule has 0 aromatic heterocycles. The summed E-state index contributed by atoms with van der Waals surface area (Å²) in [4.78, 5) is 67.5. The van der Waals surface area contributed by atoms with Crippen molar-refractivity contribution in [3.8, 4) is 34.5 Å². The van der Waals surface area contributed by atoms with Crippen LogP contribution in [0.2, 0.25) is 0 Å². The number of nitrogens with zero attached hydrogens (tertiary/aromatic N) is 3. The molecule has 0 saturated carbocycles. The average molecular weight is 1430 g/mol. The molecule has 0 fully saturated rings. The van der Waals surface area contributed by atoms with E-state index < -0.39 is 36.2 Å². The topological polar surface area (TPSA) is 198 Å². The van der Waals surface area contributed by atoms with Crippen molar-refractivity contribution in [3.05, 3.63) is 292 Å². The van der Waals surface area contributed by atoms with E-state index in [-0.39, 0.29) is 37.1 Å². The number of aryl methyl sites for hydroxylation is 6. The Morgan fingerprint density at radius 2 is 0.600 bits per heavy atom. The molecule has 105 heavy (non-hydrogen) atoms. The summed E-state index contributed by atoms with van der Waals surface area (Å²) in [7, 11) is 16.5. The van der Waals surface area contributed by atoms with Gasteiger partial charge in [0.25, 0.3) is 0 Å². The molecule has 18 nitrogen and oxygen atoms in total. The van der Waals surface area contributed by atoms with Gasteiger partial charge in [-0.25, -0.2) is 14.4 Å². The molecule has 1 N–H and O–H groups in total. The van der Waals surface area contributed by atoms with Crippen LogP contribution in [0.1, 0.15) is 105 Å². The summed E-state index contributed by atoms with van der Waals surface area (Å²) in [5.41, 5.74) is 9.40. The van der Waals surface area contributed by atoms with E-state index in [0.717, 1.165) is 89.7 Å². The number of methoxy groups -OCH3 is 3. The minimum absolute atomic E-state index is 0.0981. The molecule has 1 unspecified atom stereocenters. The average Bonchev–Trinajstić information content (AvgIpc) is 0.953. The lowest BCUT2D eigenvalue weighted by Gasteiger charge is -2.22. The Morgan fingerprint density at radius 1 is 0.343 bits per heavy atom. The number of ether oxygens (including phenoxy) is 9. The number of carbonyl (C=O) groups is 5. The van der Waals surface area contributed by atoms with Crippen molar-refractivity contribution >= 4 is 35.2 Å². The van der Waals surface area contributed by atoms with Gasteiger partial charge in [-0.2, -0.15) is 0 Å². The van der Waals surface area contributed by atoms with Gasteiger partial charge in [0.2, 0.25) is 0 Å². The third kappa shape index (κ3) is 27.9. The van der Waals surface area contributed by atoms with E-state index in [9.17, 15) is 29.1 Å². The van der Waals surface area contributed by atoms with Crippen molar-refractivity contribution in [1.82, 2.24) is 14.7 Å². The normalized spacial score (nSPS) is 11.7. The quantitative estimate of drug-likeness (QED) is 0.0168. The monoisotopic (exact) mass is 1430 g/mol. The number of Topliss-reactive ketones (excluding diaryl/α,β-unsaturated/α-hetero) is 2. The summed E-state index contributed by atoms with van der Waals surface area (Å²) in [5, 5.41) is 9.63. The number of hydrogen-bond acceptors (Lipinski definition) is 18. The number of ketones is 2. The summed E-state index contributed by atoms with van der Waals surface area (Å²) in [6.45, 7) is 8.63. The molecule has 0 heterocycles. The van der Waals surface area contributed by atoms with Crippen LogP contribution >= 0.6 is 0 Å². The highest BCUT2D eigenvalue weighted by Crippen LogP contribution is 2.26. The predicted molar refractivity (Wildman–Crippen MR) is 411 cm³/mol. The first-order valence-electron chi connectivity index (χ1n) is 34.8. The van der Waals surface area contributed by atoms with E-state index in [2.05, 4.69) is 61.2 Å². The molecule has 0 bridgehead atoms. The van der Waals surface area contributed by atoms with Crippen LogP contribution in [-0.4, -0.2) is 171 Å². The summed E-state index contributed by atoms with van der Waals surface area (Å²) in [6, 6.07) is 67.7. The van der Waals surface area contributed by atoms with Crippen LogP contribution in [0.3, 0.4) is 0 Å². The number of para-hydroxylation sites is 3. The fourth-order valence-corrected chi connectivity index (χ4v) is 11.1. The van der Waals surface area contributed by atoms with Gasteiger partial charge in [-0.05, 0) is 219 Å². The smallest absolute Gasteiger partial charge is 0.338 e. The van der Waals surface area contributed by atoms with Crippen molar-refractivity contribution in [2.24, 2.45) is 0 Å². The zero-order valence-electron chi connectivity index (χ0n) is 62.2. The molecule has 0 amide bonds. The van der Waals surface area contributed by atoms with Gasteiger partial charge in [-0.1, -0.05) is 134 Å². The highest BCUT2D eigenvalue weighted by atomic mass is 16.6. The highest BCUT2D eigenvalue weighted by Gasteiger charge is 2.23. The van der Waals surface area contributed by atoms with E-state index in [0.29, 0.717) is 53.0 Å². The first-order valence-corrected chi connectivity index (χ1v) is 34.8. The van der Waals surface area contributed by atoms with Crippen LogP contribution in [0.4, 0.5) is 0 Å². The molecule has 0 spiro atoms. The lowest BCUT2D eigenvalue weighted by atomic mass is 10.0. The molecule has 552 valence electrons. The number of likely N-dealkylation sites (N-methyl/N-ethyl adjacent to an activating group) is 3. The fraction of sp³-hybridized carbons (Fsp3) is 0.299. The number of hydrogen-bond donors (Lipinski definition) is 1. The predicted octanol–water partition coefficient (Wildman–Crippen LogP) is 14.9. The minimum Gasteiger partial charge on any atom is -0.508 e. The summed E-state index contributed by atoms with van der Waals surface area (Å²) in [5.74, 6) is 3.13. The molecule has 0 aliphatic heterocycles. The molecular formula is C87H99N3O15. The summed E-state index contributed by atoms with van der Waals surface area (Å²) in [6.07, 6.45) is 3.62. The molecule has 0 aliphatic rings. The van der Waals surface area contributed by atoms with Crippen LogP contribution in [0.15, 0.2) is 225 Å². The Balaban J connectivity index is 0.000000220. The number of aliphatic hydroxyl groups is 1. The Morgan fingerprint density at radius 3 is 0.857 bits per heavy atom. The first-order chi connectivity index (χ1) is 50.6. The van der Waals surface area contributed by atoms with E-state index in [1.165, 1.54) is 30.5 Å². The van der Waals surface area contributed by atoms with Gasteiger partial charge < -0.3 is 62.4 Å². The van der Waals surface area contributed by atoms with Crippen LogP contribution in [-0.2, 0) is 52.7 Å². The minimum atomic E-state index is -0.479. The number of benzene rings is 9. The van der Waals surface area contributed by atoms with Gasteiger partial charge in [0.1, 0.15) is 78.4 Å². The maximum absolute atomic E-state index is 12.8. The lowest BCUT2D eigenvalue weighted by molar-refractivity contribution is 0.00957. The van der Waals surface area contributed by atoms with Crippen molar-refractivity contribution in [2.45, 2.75) is 70.7 Å². The SMILES string of the molecule is C=C(O)c1cccc(C(=O)O[C@H](COc2ccccc2CCc2ccc(OC)cc2)CN(C)C)c1.COc1ccc(CCc2ccccc2OCC(CN(C)C)OC(=O)c2cccc(C(C)=O)c2)cc1.COc1ccc(CCc2ccccc2OC[C@@H](CN(C)C)OC(=O)c2cccc(C(C)=O)c2)cc1. The number of aliphatic hydroxyl groups excluding tert-OH is 1. The van der Waals surface area contributed by atoms with Crippen molar-refractivity contribution < 1.29 is 71.7 Å². The first kappa shape index (κ1) is 81.3. The van der Waals surface area contributed by atoms with Gasteiger partial charge >= 0.3 is 17.9 Å². The third-order valence-corrected chi connectivity index (χ3v) is 16.7. The van der Waals surface area contributed by atoms with Crippen molar-refractivity contribution in [1.29, 1.82) is 0 Å². The zero-order chi connectivity index (χ0) is 75.6. The van der Waals surface area contributed by atoms with Crippen molar-refractivity contribution in [2.75, 3.05) is 103 Å². The lowest BCUT2D eigenvalue weighted by Crippen LogP contribution is -2.35. The summed E-state index contributed by atoms with van der Waals surface area (Å²) >= 11 is 0. The maximum atomic E-state index is 12.8. The van der Waals surface area contributed by atoms with Crippen LogP contribution in [0, 0.1) is 0 Å². The van der Waals surface area contributed by atoms with Crippen LogP contribution < -0.4 is 28.4 Å². The van der Waals surface area contributed by atoms with E-state index in [4.69, 9.17) is 42.6 Å². The Bertz CT molecular complexity index is 3800. The molecule has 9 rings (SSSR count). The Hall–Kier alpha value is -11.1. The second kappa shape index (κ2) is 42.5. The molecule has 0 radical (unpaired) electrons. The van der Waals surface area contributed by atoms with Gasteiger partial charge in [0, 0.05) is 36.3 Å². The Kier molecular flexibility index (Phi) is 32.9. The summed E-state index contributed by atoms with van der Waals surface area (Å²) < 4.78 is 51.4. The van der Waals surface area contributed by atoms with E-state index in [1.807, 2.05) is 148 Å². The van der Waals surface area contributed by atoms with Gasteiger partial charge in [0.15, 0.2) is 11.6 Å². The number of carbonyl (C=O) groups excluding carboxylic acids is 5. The molecule has 0 saturated heterocycles. The second-order valence-corrected chi connectivity index (χ2v) is 26.0. The number of rotatable bonds is 36. The van der Waals surface area contributed by atoms with Gasteiger partial charge in [-0.15, -0.1) is 0 Å². The van der Waals surface area contributed by atoms with Crippen LogP contribution in [0.5, 0.6) is 34.5 Å². The van der Waals surface area contributed by atoms with Gasteiger partial charge in [0.05, 0.1) is 38.0 Å². The van der Waals surface area contributed by atoms with Crippen molar-refractivity contribution in [3.63, 3.8) is 0 Å². The van der Waals surface area contributed by atoms with E-state index in [1.54, 1.807) is 94.1 Å². The fourth-order valence-electron chi connectivity index (χ4n) is 11.1. The third-order valence-electron chi connectivity index (χ3n) is 16.7. The largest absolute Gasteiger partial charge is 0.508 e. The molecule has 9 aromatic carbocycles. The van der Waals surface area contributed by atoms with Gasteiger partial charge in [-0.3, -0.25) is 9.59 Å². The van der Waals surface area contributed by atoms with E-state index >= 15 is 0 Å². The zero-order valence-corrected chi connectivity index (χ0v) is 62.2. The second-order valence-electron chi connectivity index (χ2n) is 26.0. The standard InChI is InChI=1S/3C29H33NO5/c3*1-21(31)24-9-7-10-25(18-24)29(32)35-27(19-30(2)3)20-34-28-11-6-5-8-23(28)15-12-22-13-16-26(33-4)17-14-22/h2*5-11,13-14,16-18,27H,12,15,19-20H2,1-4H3;5-11,13-14,16-18,27,31H,1,12,15,19-20H2,2-4H3/t27-;;27-/m1.0/s1. The molecular weight excluding hydrogens is 1330 g/mol. The number of esters is 3.